The van der Waals surface area contributed by atoms with Crippen LogP contribution < -0.4 is 10.5 Å². The van der Waals surface area contributed by atoms with Crippen molar-refractivity contribution in [1.29, 1.82) is 0 Å². The molecule has 0 amide bonds. The molecule has 1 aromatic carbocycles. The Balaban J connectivity index is 2.51. The van der Waals surface area contributed by atoms with Gasteiger partial charge in [-0.25, -0.2) is 8.42 Å². The summed E-state index contributed by atoms with van der Waals surface area (Å²) < 4.78 is 33.5. The van der Waals surface area contributed by atoms with Gasteiger partial charge in [0.1, 0.15) is 16.4 Å². The molecular formula is C13H14BrClN2O3S. The molecule has 0 aliphatic heterocycles. The highest BCUT2D eigenvalue weighted by atomic mass is 79.9. The standard InChI is InChI=1S/C13H14BrClN2O3S/c1-7-9(6-16)13(8(2)20-7)21(18,19)17-11-5-3-4-10(15)12(11)14/h3-5,17H,6,16H2,1-2H3. The van der Waals surface area contributed by atoms with Crippen LogP contribution in [-0.2, 0) is 16.6 Å². The molecule has 0 radical (unpaired) electrons. The summed E-state index contributed by atoms with van der Waals surface area (Å²) in [5.41, 5.74) is 6.45. The summed E-state index contributed by atoms with van der Waals surface area (Å²) >= 11 is 9.22. The second-order valence-corrected chi connectivity index (χ2v) is 7.25. The molecule has 0 spiro atoms. The number of nitrogens with two attached hydrogens (primary N) is 1. The van der Waals surface area contributed by atoms with Crippen LogP contribution in [0.15, 0.2) is 32.0 Å². The first-order chi connectivity index (χ1) is 9.77. The lowest BCUT2D eigenvalue weighted by Gasteiger charge is -2.11. The predicted octanol–water partition coefficient (Wildman–Crippen LogP) is 3.57. The number of hydrogen-bond donors (Lipinski definition) is 2. The predicted molar refractivity (Wildman–Crippen MR) is 86.0 cm³/mol. The van der Waals surface area contributed by atoms with Gasteiger partial charge in [0, 0.05) is 12.1 Å². The van der Waals surface area contributed by atoms with Crippen molar-refractivity contribution in [3.63, 3.8) is 0 Å². The summed E-state index contributed by atoms with van der Waals surface area (Å²) in [7, 11) is -3.82. The molecule has 1 aromatic heterocycles. The summed E-state index contributed by atoms with van der Waals surface area (Å²) in [5, 5.41) is 0.411. The number of hydrogen-bond acceptors (Lipinski definition) is 4. The first kappa shape index (κ1) is 16.4. The minimum absolute atomic E-state index is 0.0781. The smallest absolute Gasteiger partial charge is 0.265 e. The van der Waals surface area contributed by atoms with Crippen molar-refractivity contribution in [2.45, 2.75) is 25.3 Å². The third-order valence-corrected chi connectivity index (χ3v) is 5.95. The van der Waals surface area contributed by atoms with E-state index in [0.717, 1.165) is 0 Å². The summed E-state index contributed by atoms with van der Waals surface area (Å²) in [6, 6.07) is 4.92. The Bertz CT molecular complexity index is 787. The van der Waals surface area contributed by atoms with Gasteiger partial charge in [-0.15, -0.1) is 0 Å². The average molecular weight is 394 g/mol. The van der Waals surface area contributed by atoms with E-state index in [9.17, 15) is 8.42 Å². The Morgan fingerprint density at radius 1 is 1.33 bits per heavy atom. The Labute approximate surface area is 136 Å². The number of rotatable bonds is 4. The van der Waals surface area contributed by atoms with Crippen molar-refractivity contribution < 1.29 is 12.8 Å². The number of furan rings is 1. The van der Waals surface area contributed by atoms with E-state index in [0.29, 0.717) is 32.3 Å². The fourth-order valence-electron chi connectivity index (χ4n) is 2.08. The van der Waals surface area contributed by atoms with E-state index in [-0.39, 0.29) is 11.4 Å². The quantitative estimate of drug-likeness (QED) is 0.831. The minimum atomic E-state index is -3.82. The average Bonchev–Trinajstić information content (AvgIpc) is 2.69. The van der Waals surface area contributed by atoms with Gasteiger partial charge in [-0.3, -0.25) is 4.72 Å². The van der Waals surface area contributed by atoms with Crippen LogP contribution in [0.1, 0.15) is 17.1 Å². The number of benzene rings is 1. The highest BCUT2D eigenvalue weighted by Crippen LogP contribution is 2.33. The van der Waals surface area contributed by atoms with Crippen molar-refractivity contribution in [3.05, 3.63) is 44.8 Å². The van der Waals surface area contributed by atoms with Crippen molar-refractivity contribution in [1.82, 2.24) is 0 Å². The van der Waals surface area contributed by atoms with Gasteiger partial charge in [-0.05, 0) is 41.9 Å². The fraction of sp³-hybridized carbons (Fsp3) is 0.231. The number of halogens is 2. The molecule has 0 aliphatic carbocycles. The van der Waals surface area contributed by atoms with E-state index in [4.69, 9.17) is 21.8 Å². The Morgan fingerprint density at radius 3 is 2.62 bits per heavy atom. The zero-order chi connectivity index (χ0) is 15.8. The van der Waals surface area contributed by atoms with Crippen molar-refractivity contribution in [2.24, 2.45) is 5.73 Å². The number of anilines is 1. The molecular weight excluding hydrogens is 380 g/mol. The molecule has 3 N–H and O–H groups in total. The summed E-state index contributed by atoms with van der Waals surface area (Å²) in [6.07, 6.45) is 0. The summed E-state index contributed by atoms with van der Waals surface area (Å²) in [6.45, 7) is 3.35. The van der Waals surface area contributed by atoms with Gasteiger partial charge in [-0.2, -0.15) is 0 Å². The van der Waals surface area contributed by atoms with E-state index in [1.165, 1.54) is 0 Å². The van der Waals surface area contributed by atoms with E-state index in [1.807, 2.05) is 0 Å². The van der Waals surface area contributed by atoms with Crippen LogP contribution in [0.4, 0.5) is 5.69 Å². The molecule has 8 heteroatoms. The third-order valence-electron chi connectivity index (χ3n) is 2.99. The molecule has 0 bridgehead atoms. The van der Waals surface area contributed by atoms with Crippen LogP contribution in [0, 0.1) is 13.8 Å². The molecule has 0 fully saturated rings. The molecule has 2 aromatic rings. The fourth-order valence-corrected chi connectivity index (χ4v) is 4.28. The van der Waals surface area contributed by atoms with Crippen LogP contribution in [0.5, 0.6) is 0 Å². The first-order valence-corrected chi connectivity index (χ1v) is 8.69. The van der Waals surface area contributed by atoms with Crippen LogP contribution >= 0.6 is 27.5 Å². The number of aryl methyl sites for hydroxylation is 2. The molecule has 114 valence electrons. The lowest BCUT2D eigenvalue weighted by molar-refractivity contribution is 0.494. The molecule has 0 unspecified atom stereocenters. The molecule has 1 heterocycles. The van der Waals surface area contributed by atoms with Gasteiger partial charge in [0.15, 0.2) is 0 Å². The zero-order valence-electron chi connectivity index (χ0n) is 11.4. The van der Waals surface area contributed by atoms with Gasteiger partial charge in [0.25, 0.3) is 10.0 Å². The highest BCUT2D eigenvalue weighted by molar-refractivity contribution is 9.10. The van der Waals surface area contributed by atoms with E-state index < -0.39 is 10.0 Å². The Morgan fingerprint density at radius 2 is 2.00 bits per heavy atom. The summed E-state index contributed by atoms with van der Waals surface area (Å²) in [4.78, 5) is 0.0781. The van der Waals surface area contributed by atoms with Crippen LogP contribution in [0.25, 0.3) is 0 Å². The van der Waals surface area contributed by atoms with Crippen LogP contribution in [0.2, 0.25) is 5.02 Å². The maximum absolute atomic E-state index is 12.6. The van der Waals surface area contributed by atoms with E-state index in [2.05, 4.69) is 20.7 Å². The van der Waals surface area contributed by atoms with Gasteiger partial charge >= 0.3 is 0 Å². The van der Waals surface area contributed by atoms with Crippen LogP contribution in [-0.4, -0.2) is 8.42 Å². The number of sulfonamides is 1. The molecule has 0 aliphatic rings. The van der Waals surface area contributed by atoms with Crippen molar-refractivity contribution in [2.75, 3.05) is 4.72 Å². The lowest BCUT2D eigenvalue weighted by Crippen LogP contribution is -2.16. The summed E-state index contributed by atoms with van der Waals surface area (Å²) in [5.74, 6) is 0.805. The molecule has 2 rings (SSSR count). The SMILES string of the molecule is Cc1oc(C)c(S(=O)(=O)Nc2cccc(Cl)c2Br)c1CN. The topological polar surface area (TPSA) is 85.3 Å². The minimum Gasteiger partial charge on any atom is -0.465 e. The molecule has 0 saturated carbocycles. The number of nitrogens with one attached hydrogen (secondary N) is 1. The third kappa shape index (κ3) is 3.11. The van der Waals surface area contributed by atoms with Gasteiger partial charge in [-0.1, -0.05) is 17.7 Å². The van der Waals surface area contributed by atoms with Crippen molar-refractivity contribution in [3.8, 4) is 0 Å². The Kier molecular flexibility index (Phi) is 4.67. The van der Waals surface area contributed by atoms with Gasteiger partial charge < -0.3 is 10.2 Å². The zero-order valence-corrected chi connectivity index (χ0v) is 14.6. The van der Waals surface area contributed by atoms with Gasteiger partial charge in [0.05, 0.1) is 15.2 Å². The lowest BCUT2D eigenvalue weighted by atomic mass is 10.2. The molecule has 21 heavy (non-hydrogen) atoms. The van der Waals surface area contributed by atoms with Gasteiger partial charge in [0.2, 0.25) is 0 Å². The van der Waals surface area contributed by atoms with E-state index >= 15 is 0 Å². The monoisotopic (exact) mass is 392 g/mol. The van der Waals surface area contributed by atoms with Crippen LogP contribution in [0.3, 0.4) is 0 Å². The van der Waals surface area contributed by atoms with E-state index in [1.54, 1.807) is 32.0 Å². The molecule has 0 saturated heterocycles. The van der Waals surface area contributed by atoms with Crippen molar-refractivity contribution >= 4 is 43.2 Å². The maximum Gasteiger partial charge on any atom is 0.265 e. The normalized spacial score (nSPS) is 11.7. The highest BCUT2D eigenvalue weighted by Gasteiger charge is 2.27. The first-order valence-electron chi connectivity index (χ1n) is 6.03. The Hall–Kier alpha value is -1.02. The second-order valence-electron chi connectivity index (χ2n) is 4.43. The second kappa shape index (κ2) is 6.00. The molecule has 5 nitrogen and oxygen atoms in total. The largest absolute Gasteiger partial charge is 0.465 e. The maximum atomic E-state index is 12.6. The molecule has 0 atom stereocenters.